The van der Waals surface area contributed by atoms with Gasteiger partial charge in [0.05, 0.1) is 12.4 Å². The Hall–Kier alpha value is -2.50. The molecule has 0 aliphatic rings. The fourth-order valence-electron chi connectivity index (χ4n) is 1.74. The Morgan fingerprint density at radius 2 is 2.15 bits per heavy atom. The van der Waals surface area contributed by atoms with Crippen molar-refractivity contribution in [3.05, 3.63) is 48.2 Å². The number of hydrogen-bond donors (Lipinski definition) is 1. The molecule has 0 saturated carbocycles. The zero-order valence-corrected chi connectivity index (χ0v) is 11.6. The number of nitrogens with one attached hydrogen (secondary N) is 1. The Labute approximate surface area is 117 Å². The molecule has 0 unspecified atom stereocenters. The van der Waals surface area contributed by atoms with E-state index in [9.17, 15) is 4.79 Å². The second-order valence-electron chi connectivity index (χ2n) is 4.34. The molecule has 0 fully saturated rings. The van der Waals surface area contributed by atoms with Crippen molar-refractivity contribution in [2.24, 2.45) is 0 Å². The minimum atomic E-state index is -0.163. The maximum atomic E-state index is 12.2. The Kier molecular flexibility index (Phi) is 4.60. The van der Waals surface area contributed by atoms with Crippen LogP contribution >= 0.6 is 0 Å². The molecule has 2 rings (SSSR count). The molecule has 20 heavy (non-hydrogen) atoms. The quantitative estimate of drug-likeness (QED) is 0.894. The predicted octanol–water partition coefficient (Wildman–Crippen LogP) is 1.58. The van der Waals surface area contributed by atoms with Gasteiger partial charge in [0.15, 0.2) is 0 Å². The van der Waals surface area contributed by atoms with Gasteiger partial charge in [-0.2, -0.15) is 0 Å². The molecule has 0 atom stereocenters. The molecular formula is C14H17N5O. The molecule has 6 heteroatoms. The van der Waals surface area contributed by atoms with Crippen molar-refractivity contribution in [2.45, 2.75) is 13.5 Å². The smallest absolute Gasteiger partial charge is 0.274 e. The van der Waals surface area contributed by atoms with E-state index >= 15 is 0 Å². The summed E-state index contributed by atoms with van der Waals surface area (Å²) < 4.78 is 0. The summed E-state index contributed by atoms with van der Waals surface area (Å²) in [6.45, 7) is 3.23. The second-order valence-corrected chi connectivity index (χ2v) is 4.34. The molecule has 2 aromatic heterocycles. The Morgan fingerprint density at radius 1 is 1.30 bits per heavy atom. The molecule has 2 aromatic rings. The van der Waals surface area contributed by atoms with Gasteiger partial charge in [-0.15, -0.1) is 0 Å². The van der Waals surface area contributed by atoms with Crippen molar-refractivity contribution < 1.29 is 4.79 Å². The van der Waals surface area contributed by atoms with Crippen molar-refractivity contribution in [3.63, 3.8) is 0 Å². The van der Waals surface area contributed by atoms with Crippen LogP contribution in [0.2, 0.25) is 0 Å². The monoisotopic (exact) mass is 271 g/mol. The van der Waals surface area contributed by atoms with Crippen LogP contribution in [0.25, 0.3) is 0 Å². The lowest BCUT2D eigenvalue weighted by atomic mass is 10.2. The first kappa shape index (κ1) is 13.9. The van der Waals surface area contributed by atoms with E-state index in [1.54, 1.807) is 30.5 Å². The lowest BCUT2D eigenvalue weighted by Gasteiger charge is -2.16. The number of pyridine rings is 1. The summed E-state index contributed by atoms with van der Waals surface area (Å²) in [5, 5.41) is 3.04. The number of rotatable bonds is 5. The lowest BCUT2D eigenvalue weighted by Crippen LogP contribution is -2.27. The summed E-state index contributed by atoms with van der Waals surface area (Å²) in [5.74, 6) is 0.503. The third-order valence-electron chi connectivity index (χ3n) is 2.72. The van der Waals surface area contributed by atoms with Gasteiger partial charge in [0.1, 0.15) is 11.5 Å². The molecule has 1 N–H and O–H groups in total. The molecule has 0 saturated heterocycles. The van der Waals surface area contributed by atoms with Crippen molar-refractivity contribution in [1.82, 2.24) is 19.9 Å². The van der Waals surface area contributed by atoms with Gasteiger partial charge in [-0.1, -0.05) is 6.07 Å². The number of amides is 1. The first-order chi connectivity index (χ1) is 9.70. The molecule has 2 heterocycles. The Morgan fingerprint density at radius 3 is 2.75 bits per heavy atom. The van der Waals surface area contributed by atoms with Crippen LogP contribution < -0.4 is 5.32 Å². The Bertz CT molecular complexity index is 556. The summed E-state index contributed by atoms with van der Waals surface area (Å²) in [6, 6.07) is 3.77. The first-order valence-electron chi connectivity index (χ1n) is 6.41. The highest BCUT2D eigenvalue weighted by atomic mass is 16.2. The largest absolute Gasteiger partial charge is 0.369 e. The average molecular weight is 271 g/mol. The van der Waals surface area contributed by atoms with Crippen LogP contribution in [-0.4, -0.2) is 39.4 Å². The number of nitrogens with zero attached hydrogens (tertiary/aromatic N) is 4. The average Bonchev–Trinajstić information content (AvgIpc) is 2.48. The lowest BCUT2D eigenvalue weighted by molar-refractivity contribution is 0.0779. The summed E-state index contributed by atoms with van der Waals surface area (Å²) in [7, 11) is 1.73. The van der Waals surface area contributed by atoms with Crippen LogP contribution in [0.1, 0.15) is 23.0 Å². The van der Waals surface area contributed by atoms with Crippen molar-refractivity contribution >= 4 is 11.7 Å². The minimum Gasteiger partial charge on any atom is -0.369 e. The zero-order chi connectivity index (χ0) is 14.4. The fourth-order valence-corrected chi connectivity index (χ4v) is 1.74. The van der Waals surface area contributed by atoms with E-state index in [4.69, 9.17) is 0 Å². The molecule has 0 aliphatic carbocycles. The van der Waals surface area contributed by atoms with Crippen molar-refractivity contribution in [3.8, 4) is 0 Å². The molecule has 0 bridgehead atoms. The third kappa shape index (κ3) is 3.50. The van der Waals surface area contributed by atoms with E-state index in [-0.39, 0.29) is 5.91 Å². The van der Waals surface area contributed by atoms with Gasteiger partial charge in [0.2, 0.25) is 0 Å². The van der Waals surface area contributed by atoms with E-state index in [0.717, 1.165) is 12.1 Å². The SMILES string of the molecule is CCNc1cnc(C(=O)N(C)Cc2cccnc2)cn1. The summed E-state index contributed by atoms with van der Waals surface area (Å²) >= 11 is 0. The normalized spacial score (nSPS) is 10.1. The number of aromatic nitrogens is 3. The highest BCUT2D eigenvalue weighted by molar-refractivity contribution is 5.91. The van der Waals surface area contributed by atoms with Crippen LogP contribution in [0.4, 0.5) is 5.82 Å². The fraction of sp³-hybridized carbons (Fsp3) is 0.286. The number of hydrogen-bond acceptors (Lipinski definition) is 5. The molecular weight excluding hydrogens is 254 g/mol. The topological polar surface area (TPSA) is 71.0 Å². The van der Waals surface area contributed by atoms with E-state index in [2.05, 4.69) is 20.3 Å². The van der Waals surface area contributed by atoms with Crippen molar-refractivity contribution in [1.29, 1.82) is 0 Å². The highest BCUT2D eigenvalue weighted by Gasteiger charge is 2.14. The van der Waals surface area contributed by atoms with Crippen molar-refractivity contribution in [2.75, 3.05) is 18.9 Å². The van der Waals surface area contributed by atoms with E-state index < -0.39 is 0 Å². The van der Waals surface area contributed by atoms with Gasteiger partial charge >= 0.3 is 0 Å². The van der Waals surface area contributed by atoms with E-state index in [1.165, 1.54) is 6.20 Å². The van der Waals surface area contributed by atoms with Gasteiger partial charge in [0.25, 0.3) is 5.91 Å². The van der Waals surface area contributed by atoms with E-state index in [1.807, 2.05) is 19.1 Å². The first-order valence-corrected chi connectivity index (χ1v) is 6.41. The van der Waals surface area contributed by atoms with Gasteiger partial charge in [0, 0.05) is 32.5 Å². The number of carbonyl (C=O) groups is 1. The minimum absolute atomic E-state index is 0.163. The maximum absolute atomic E-state index is 12.2. The van der Waals surface area contributed by atoms with Gasteiger partial charge < -0.3 is 10.2 Å². The molecule has 0 aliphatic heterocycles. The second kappa shape index (κ2) is 6.60. The van der Waals surface area contributed by atoms with Crippen LogP contribution in [0.3, 0.4) is 0 Å². The standard InChI is InChI=1S/C14H17N5O/c1-3-16-13-9-17-12(8-18-13)14(20)19(2)10-11-5-4-6-15-7-11/h4-9H,3,10H2,1-2H3,(H,16,18). The van der Waals surface area contributed by atoms with Gasteiger partial charge in [-0.25, -0.2) is 9.97 Å². The molecule has 6 nitrogen and oxygen atoms in total. The van der Waals surface area contributed by atoms with E-state index in [0.29, 0.717) is 18.1 Å². The van der Waals surface area contributed by atoms with Crippen LogP contribution in [0.15, 0.2) is 36.9 Å². The van der Waals surface area contributed by atoms with Crippen LogP contribution in [0.5, 0.6) is 0 Å². The Balaban J connectivity index is 2.03. The van der Waals surface area contributed by atoms with Crippen LogP contribution in [0, 0.1) is 0 Å². The van der Waals surface area contributed by atoms with Gasteiger partial charge in [-0.3, -0.25) is 9.78 Å². The molecule has 104 valence electrons. The molecule has 0 spiro atoms. The third-order valence-corrected chi connectivity index (χ3v) is 2.72. The van der Waals surface area contributed by atoms with Crippen LogP contribution in [-0.2, 0) is 6.54 Å². The molecule has 1 amide bonds. The predicted molar refractivity (Wildman–Crippen MR) is 76.2 cm³/mol. The molecule has 0 aromatic carbocycles. The number of carbonyl (C=O) groups excluding carboxylic acids is 1. The summed E-state index contributed by atoms with van der Waals surface area (Å²) in [6.07, 6.45) is 6.49. The summed E-state index contributed by atoms with van der Waals surface area (Å²) in [5.41, 5.74) is 1.30. The highest BCUT2D eigenvalue weighted by Crippen LogP contribution is 2.06. The maximum Gasteiger partial charge on any atom is 0.274 e. The van der Waals surface area contributed by atoms with Gasteiger partial charge in [-0.05, 0) is 18.6 Å². The molecule has 0 radical (unpaired) electrons. The summed E-state index contributed by atoms with van der Waals surface area (Å²) in [4.78, 5) is 26.1. The number of anilines is 1. The zero-order valence-electron chi connectivity index (χ0n) is 11.6.